The van der Waals surface area contributed by atoms with Crippen LogP contribution in [0.2, 0.25) is 0 Å². The van der Waals surface area contributed by atoms with E-state index in [-0.39, 0.29) is 23.2 Å². The van der Waals surface area contributed by atoms with Crippen LogP contribution in [0, 0.1) is 0 Å². The van der Waals surface area contributed by atoms with Crippen LogP contribution in [0.25, 0.3) is 0 Å². The molecule has 0 aromatic heterocycles. The number of hydrogen-bond acceptors (Lipinski definition) is 4. The van der Waals surface area contributed by atoms with Crippen LogP contribution in [0.15, 0.2) is 24.3 Å². The van der Waals surface area contributed by atoms with Crippen molar-refractivity contribution in [2.75, 3.05) is 12.4 Å². The molecular weight excluding hydrogens is 280 g/mol. The maximum atomic E-state index is 12.0. The summed E-state index contributed by atoms with van der Waals surface area (Å²) in [6.07, 6.45) is 3.49. The minimum atomic E-state index is -3.07. The van der Waals surface area contributed by atoms with Crippen molar-refractivity contribution in [1.29, 1.82) is 0 Å². The summed E-state index contributed by atoms with van der Waals surface area (Å²) in [6.45, 7) is 0.102. The van der Waals surface area contributed by atoms with Gasteiger partial charge in [0.15, 0.2) is 9.84 Å². The van der Waals surface area contributed by atoms with Crippen LogP contribution in [0.1, 0.15) is 36.0 Å². The highest BCUT2D eigenvalue weighted by Gasteiger charge is 2.28. The monoisotopic (exact) mass is 298 g/mol. The van der Waals surface area contributed by atoms with E-state index in [2.05, 4.69) is 0 Å². The van der Waals surface area contributed by atoms with Crippen LogP contribution in [0.3, 0.4) is 0 Å². The number of carboxylic acid groups (broad SMARTS) is 1. The molecule has 0 radical (unpaired) electrons. The van der Waals surface area contributed by atoms with E-state index in [9.17, 15) is 13.2 Å². The number of sulfone groups is 1. The van der Waals surface area contributed by atoms with Crippen LogP contribution in [0.5, 0.6) is 5.75 Å². The van der Waals surface area contributed by atoms with Crippen LogP contribution in [-0.2, 0) is 9.84 Å². The van der Waals surface area contributed by atoms with Gasteiger partial charge in [0.05, 0.1) is 16.6 Å². The smallest absolute Gasteiger partial charge is 0.335 e. The summed E-state index contributed by atoms with van der Waals surface area (Å²) in [4.78, 5) is 10.7. The van der Waals surface area contributed by atoms with Gasteiger partial charge in [0.25, 0.3) is 0 Å². The first kappa shape index (κ1) is 14.8. The Kier molecular flexibility index (Phi) is 4.65. The third kappa shape index (κ3) is 3.72. The Balaban J connectivity index is 1.84. The van der Waals surface area contributed by atoms with E-state index < -0.39 is 15.8 Å². The molecule has 0 amide bonds. The molecule has 1 saturated carbocycles. The quantitative estimate of drug-likeness (QED) is 0.870. The van der Waals surface area contributed by atoms with E-state index in [4.69, 9.17) is 9.84 Å². The van der Waals surface area contributed by atoms with Crippen LogP contribution < -0.4 is 4.74 Å². The molecule has 0 saturated heterocycles. The molecule has 2 rings (SSSR count). The van der Waals surface area contributed by atoms with Crippen molar-refractivity contribution in [2.24, 2.45) is 0 Å². The minimum absolute atomic E-state index is 0.0123. The molecular formula is C14H18O5S. The average Bonchev–Trinajstić information content (AvgIpc) is 2.94. The third-order valence-corrected chi connectivity index (χ3v) is 5.77. The molecule has 6 heteroatoms. The highest BCUT2D eigenvalue weighted by atomic mass is 32.2. The molecule has 0 heterocycles. The molecule has 0 bridgehead atoms. The molecule has 0 unspecified atom stereocenters. The predicted octanol–water partition coefficient (Wildman–Crippen LogP) is 2.12. The average molecular weight is 298 g/mol. The summed E-state index contributed by atoms with van der Waals surface area (Å²) < 4.78 is 29.4. The fraction of sp³-hybridized carbons (Fsp3) is 0.500. The zero-order valence-corrected chi connectivity index (χ0v) is 11.9. The zero-order valence-electron chi connectivity index (χ0n) is 11.1. The topological polar surface area (TPSA) is 80.7 Å². The first-order chi connectivity index (χ1) is 9.49. The summed E-state index contributed by atoms with van der Waals surface area (Å²) >= 11 is 0. The lowest BCUT2D eigenvalue weighted by molar-refractivity contribution is 0.0697. The number of carboxylic acids is 1. The van der Waals surface area contributed by atoms with Gasteiger partial charge in [-0.25, -0.2) is 13.2 Å². The highest BCUT2D eigenvalue weighted by Crippen LogP contribution is 2.25. The summed E-state index contributed by atoms with van der Waals surface area (Å²) in [7, 11) is -3.07. The first-order valence-electron chi connectivity index (χ1n) is 6.67. The van der Waals surface area contributed by atoms with Gasteiger partial charge >= 0.3 is 5.97 Å². The lowest BCUT2D eigenvalue weighted by Crippen LogP contribution is -2.24. The van der Waals surface area contributed by atoms with E-state index in [1.165, 1.54) is 24.3 Å². The number of benzene rings is 1. The molecule has 1 aliphatic rings. The predicted molar refractivity (Wildman–Crippen MR) is 74.9 cm³/mol. The molecule has 1 aliphatic carbocycles. The van der Waals surface area contributed by atoms with Crippen molar-refractivity contribution in [1.82, 2.24) is 0 Å². The Morgan fingerprint density at radius 3 is 2.35 bits per heavy atom. The number of ether oxygens (including phenoxy) is 1. The summed E-state index contributed by atoms with van der Waals surface area (Å²) in [5.74, 6) is -0.504. The molecule has 0 spiro atoms. The molecule has 0 atom stereocenters. The summed E-state index contributed by atoms with van der Waals surface area (Å²) in [5.41, 5.74) is 0.177. The molecule has 1 fully saturated rings. The Hall–Kier alpha value is -1.56. The molecule has 0 aliphatic heterocycles. The third-order valence-electron chi connectivity index (χ3n) is 3.55. The Morgan fingerprint density at radius 1 is 1.20 bits per heavy atom. The number of carbonyl (C=O) groups is 1. The van der Waals surface area contributed by atoms with Gasteiger partial charge in [0.1, 0.15) is 12.4 Å². The van der Waals surface area contributed by atoms with Gasteiger partial charge in [-0.15, -0.1) is 0 Å². The second-order valence-electron chi connectivity index (χ2n) is 4.95. The van der Waals surface area contributed by atoms with Crippen LogP contribution in [0.4, 0.5) is 0 Å². The second kappa shape index (κ2) is 6.26. The molecule has 110 valence electrons. The lowest BCUT2D eigenvalue weighted by Gasteiger charge is -2.11. The van der Waals surface area contributed by atoms with Crippen molar-refractivity contribution in [2.45, 2.75) is 30.9 Å². The fourth-order valence-electron chi connectivity index (χ4n) is 2.38. The van der Waals surface area contributed by atoms with Gasteiger partial charge in [0.2, 0.25) is 0 Å². The number of hydrogen-bond donors (Lipinski definition) is 1. The molecule has 5 nitrogen and oxygen atoms in total. The lowest BCUT2D eigenvalue weighted by atomic mass is 10.2. The SMILES string of the molecule is O=C(O)c1ccc(OCCS(=O)(=O)C2CCCC2)cc1. The van der Waals surface area contributed by atoms with Gasteiger partial charge in [-0.2, -0.15) is 0 Å². The van der Waals surface area contributed by atoms with Crippen molar-refractivity contribution in [3.8, 4) is 5.75 Å². The molecule has 1 aromatic rings. The Labute approximate surface area is 118 Å². The van der Waals surface area contributed by atoms with Gasteiger partial charge in [-0.1, -0.05) is 12.8 Å². The second-order valence-corrected chi connectivity index (χ2v) is 7.35. The van der Waals surface area contributed by atoms with E-state index >= 15 is 0 Å². The highest BCUT2D eigenvalue weighted by molar-refractivity contribution is 7.92. The van der Waals surface area contributed by atoms with Crippen molar-refractivity contribution in [3.63, 3.8) is 0 Å². The van der Waals surface area contributed by atoms with E-state index in [1.54, 1.807) is 0 Å². The van der Waals surface area contributed by atoms with E-state index in [1.807, 2.05) is 0 Å². The maximum Gasteiger partial charge on any atom is 0.335 e. The minimum Gasteiger partial charge on any atom is -0.493 e. The van der Waals surface area contributed by atoms with Gasteiger partial charge in [-0.3, -0.25) is 0 Å². The first-order valence-corrected chi connectivity index (χ1v) is 8.38. The fourth-order valence-corrected chi connectivity index (χ4v) is 4.08. The largest absolute Gasteiger partial charge is 0.493 e. The summed E-state index contributed by atoms with van der Waals surface area (Å²) in [5, 5.41) is 8.55. The van der Waals surface area contributed by atoms with Gasteiger partial charge in [-0.05, 0) is 37.1 Å². The van der Waals surface area contributed by atoms with Crippen LogP contribution in [-0.4, -0.2) is 37.1 Å². The van der Waals surface area contributed by atoms with E-state index in [0.717, 1.165) is 25.7 Å². The molecule has 1 N–H and O–H groups in total. The van der Waals surface area contributed by atoms with Crippen LogP contribution >= 0.6 is 0 Å². The maximum absolute atomic E-state index is 12.0. The normalized spacial score (nSPS) is 16.2. The number of aromatic carboxylic acids is 1. The van der Waals surface area contributed by atoms with Crippen molar-refractivity contribution in [3.05, 3.63) is 29.8 Å². The zero-order chi connectivity index (χ0) is 14.6. The standard InChI is InChI=1S/C14H18O5S/c15-14(16)11-5-7-12(8-6-11)19-9-10-20(17,18)13-3-1-2-4-13/h5-8,13H,1-4,9-10H2,(H,15,16). The number of rotatable bonds is 6. The van der Waals surface area contributed by atoms with Crippen molar-refractivity contribution >= 4 is 15.8 Å². The van der Waals surface area contributed by atoms with Crippen molar-refractivity contribution < 1.29 is 23.1 Å². The Bertz CT molecular complexity index is 556. The Morgan fingerprint density at radius 2 is 1.80 bits per heavy atom. The van der Waals surface area contributed by atoms with Gasteiger partial charge < -0.3 is 9.84 Å². The molecule has 20 heavy (non-hydrogen) atoms. The van der Waals surface area contributed by atoms with Gasteiger partial charge in [0, 0.05) is 0 Å². The summed E-state index contributed by atoms with van der Waals surface area (Å²) in [6, 6.07) is 5.93. The molecule has 1 aromatic carbocycles. The van der Waals surface area contributed by atoms with E-state index in [0.29, 0.717) is 5.75 Å².